The van der Waals surface area contributed by atoms with Crippen molar-refractivity contribution in [3.63, 3.8) is 0 Å². The van der Waals surface area contributed by atoms with E-state index in [9.17, 15) is 10.1 Å². The summed E-state index contributed by atoms with van der Waals surface area (Å²) in [6.45, 7) is 2.54. The first-order valence-corrected chi connectivity index (χ1v) is 11.1. The molecule has 0 unspecified atom stereocenters. The van der Waals surface area contributed by atoms with Crippen LogP contribution in [0.5, 0.6) is 17.4 Å². The first-order chi connectivity index (χ1) is 17.0. The van der Waals surface area contributed by atoms with Crippen LogP contribution in [0.15, 0.2) is 60.8 Å². The number of nitrogens with zero attached hydrogens (tertiary/aromatic N) is 4. The maximum atomic E-state index is 13.2. The number of rotatable bonds is 8. The zero-order chi connectivity index (χ0) is 24.9. The van der Waals surface area contributed by atoms with Crippen LogP contribution < -0.4 is 9.47 Å². The molecule has 35 heavy (non-hydrogen) atoms. The van der Waals surface area contributed by atoms with E-state index in [0.717, 1.165) is 22.6 Å². The Balaban J connectivity index is 1.95. The Morgan fingerprint density at radius 2 is 1.86 bits per heavy atom. The third-order valence-corrected chi connectivity index (χ3v) is 5.42. The minimum Gasteiger partial charge on any atom is -0.497 e. The first-order valence-electron chi connectivity index (χ1n) is 11.1. The molecule has 0 amide bonds. The highest BCUT2D eigenvalue weighted by Gasteiger charge is 2.25. The fourth-order valence-corrected chi connectivity index (χ4v) is 3.96. The van der Waals surface area contributed by atoms with Gasteiger partial charge in [0.15, 0.2) is 0 Å². The molecule has 178 valence electrons. The number of carbonyl (C=O) groups excluding carboxylic acids is 1. The fourth-order valence-electron chi connectivity index (χ4n) is 3.96. The zero-order valence-corrected chi connectivity index (χ0v) is 20.1. The highest BCUT2D eigenvalue weighted by molar-refractivity contribution is 6.07. The van der Waals surface area contributed by atoms with Crippen molar-refractivity contribution in [1.29, 1.82) is 5.26 Å². The molecular weight excluding hydrogens is 444 g/mol. The number of ether oxygens (including phenoxy) is 3. The Kier molecular flexibility index (Phi) is 6.99. The summed E-state index contributed by atoms with van der Waals surface area (Å²) in [6, 6.07) is 18.5. The van der Waals surface area contributed by atoms with Crippen molar-refractivity contribution >= 4 is 16.9 Å². The molecule has 0 radical (unpaired) electrons. The van der Waals surface area contributed by atoms with Crippen molar-refractivity contribution in [2.24, 2.45) is 0 Å². The van der Waals surface area contributed by atoms with Crippen molar-refractivity contribution in [2.75, 3.05) is 27.8 Å². The average molecular weight is 471 g/mol. The standard InChI is InChI=1S/C27H26N4O4/c1-5-34-27(32)25-22-15-21(35-26-18(16-28)7-6-14-29-26)12-13-23(22)31(24(25)17-30(2)3)19-8-10-20(33-4)11-9-19/h6-15H,5,17H2,1-4H3. The van der Waals surface area contributed by atoms with E-state index in [1.165, 1.54) is 0 Å². The second kappa shape index (κ2) is 10.3. The van der Waals surface area contributed by atoms with Crippen molar-refractivity contribution in [1.82, 2.24) is 14.5 Å². The predicted octanol–water partition coefficient (Wildman–Crippen LogP) is 4.94. The maximum Gasteiger partial charge on any atom is 0.340 e. The number of esters is 1. The number of aromatic nitrogens is 2. The Bertz CT molecular complexity index is 1400. The van der Waals surface area contributed by atoms with Crippen LogP contribution in [0.2, 0.25) is 0 Å². The van der Waals surface area contributed by atoms with Gasteiger partial charge in [0.1, 0.15) is 23.1 Å². The average Bonchev–Trinajstić information content (AvgIpc) is 3.17. The van der Waals surface area contributed by atoms with E-state index in [1.54, 1.807) is 44.5 Å². The summed E-state index contributed by atoms with van der Waals surface area (Å²) in [5.41, 5.74) is 3.29. The predicted molar refractivity (Wildman–Crippen MR) is 132 cm³/mol. The van der Waals surface area contributed by atoms with Gasteiger partial charge in [0.2, 0.25) is 5.88 Å². The molecule has 2 aromatic heterocycles. The van der Waals surface area contributed by atoms with Crippen LogP contribution in [0.1, 0.15) is 28.5 Å². The lowest BCUT2D eigenvalue weighted by molar-refractivity contribution is 0.0526. The van der Waals surface area contributed by atoms with Gasteiger partial charge < -0.3 is 23.7 Å². The largest absolute Gasteiger partial charge is 0.497 e. The number of fused-ring (bicyclic) bond motifs is 1. The SMILES string of the molecule is CCOC(=O)c1c(CN(C)C)n(-c2ccc(OC)cc2)c2ccc(Oc3ncccc3C#N)cc12. The number of benzene rings is 2. The van der Waals surface area contributed by atoms with Gasteiger partial charge in [-0.15, -0.1) is 0 Å². The number of methoxy groups -OCH3 is 1. The van der Waals surface area contributed by atoms with Crippen LogP contribution in [0.25, 0.3) is 16.6 Å². The lowest BCUT2D eigenvalue weighted by Gasteiger charge is -2.16. The molecule has 8 nitrogen and oxygen atoms in total. The van der Waals surface area contributed by atoms with E-state index in [4.69, 9.17) is 14.2 Å². The van der Waals surface area contributed by atoms with E-state index in [-0.39, 0.29) is 12.5 Å². The monoisotopic (exact) mass is 470 g/mol. The molecule has 4 rings (SSSR count). The van der Waals surface area contributed by atoms with Crippen LogP contribution in [-0.2, 0) is 11.3 Å². The van der Waals surface area contributed by atoms with Gasteiger partial charge in [-0.05, 0) is 75.6 Å². The quantitative estimate of drug-likeness (QED) is 0.337. The molecule has 2 heterocycles. The minimum absolute atomic E-state index is 0.204. The number of hydrogen-bond acceptors (Lipinski definition) is 7. The molecule has 8 heteroatoms. The van der Waals surface area contributed by atoms with Crippen LogP contribution in [0.3, 0.4) is 0 Å². The molecule has 0 aliphatic carbocycles. The van der Waals surface area contributed by atoms with Gasteiger partial charge >= 0.3 is 5.97 Å². The zero-order valence-electron chi connectivity index (χ0n) is 20.1. The van der Waals surface area contributed by atoms with Crippen LogP contribution >= 0.6 is 0 Å². The second-order valence-electron chi connectivity index (χ2n) is 8.06. The summed E-state index contributed by atoms with van der Waals surface area (Å²) in [7, 11) is 5.52. The normalized spacial score (nSPS) is 10.9. The van der Waals surface area contributed by atoms with Crippen molar-refractivity contribution < 1.29 is 19.0 Å². The van der Waals surface area contributed by atoms with Gasteiger partial charge in [0.25, 0.3) is 0 Å². The Labute approximate surface area is 203 Å². The molecule has 0 aliphatic heterocycles. The van der Waals surface area contributed by atoms with Crippen LogP contribution in [0.4, 0.5) is 0 Å². The van der Waals surface area contributed by atoms with E-state index < -0.39 is 5.97 Å². The van der Waals surface area contributed by atoms with Crippen molar-refractivity contribution in [3.8, 4) is 29.1 Å². The highest BCUT2D eigenvalue weighted by atomic mass is 16.5. The number of hydrogen-bond donors (Lipinski definition) is 0. The second-order valence-corrected chi connectivity index (χ2v) is 8.06. The van der Waals surface area contributed by atoms with Gasteiger partial charge in [-0.25, -0.2) is 9.78 Å². The smallest absolute Gasteiger partial charge is 0.340 e. The molecule has 0 N–H and O–H groups in total. The maximum absolute atomic E-state index is 13.2. The van der Waals surface area contributed by atoms with Gasteiger partial charge in [-0.3, -0.25) is 0 Å². The lowest BCUT2D eigenvalue weighted by atomic mass is 10.1. The summed E-state index contributed by atoms with van der Waals surface area (Å²) >= 11 is 0. The molecular formula is C27H26N4O4. The Morgan fingerprint density at radius 3 is 2.51 bits per heavy atom. The van der Waals surface area contributed by atoms with Gasteiger partial charge in [-0.2, -0.15) is 5.26 Å². The topological polar surface area (TPSA) is 89.6 Å². The molecule has 4 aromatic rings. The molecule has 2 aromatic carbocycles. The third-order valence-electron chi connectivity index (χ3n) is 5.42. The van der Waals surface area contributed by atoms with Crippen molar-refractivity contribution in [3.05, 3.63) is 77.6 Å². The summed E-state index contributed by atoms with van der Waals surface area (Å²) < 4.78 is 18.8. The van der Waals surface area contributed by atoms with E-state index in [0.29, 0.717) is 28.8 Å². The Morgan fingerprint density at radius 1 is 1.11 bits per heavy atom. The van der Waals surface area contributed by atoms with E-state index in [1.807, 2.05) is 53.9 Å². The van der Waals surface area contributed by atoms with Crippen LogP contribution in [-0.4, -0.2) is 48.2 Å². The number of carbonyl (C=O) groups is 1. The summed E-state index contributed by atoms with van der Waals surface area (Å²) in [5.74, 6) is 0.996. The molecule has 0 saturated carbocycles. The molecule has 0 aliphatic rings. The van der Waals surface area contributed by atoms with Gasteiger partial charge in [0.05, 0.1) is 30.5 Å². The van der Waals surface area contributed by atoms with E-state index in [2.05, 4.69) is 11.1 Å². The first kappa shape index (κ1) is 23.8. The van der Waals surface area contributed by atoms with Gasteiger partial charge in [0, 0.05) is 23.8 Å². The molecule has 0 bridgehead atoms. The van der Waals surface area contributed by atoms with E-state index >= 15 is 0 Å². The molecule has 0 atom stereocenters. The lowest BCUT2D eigenvalue weighted by Crippen LogP contribution is -2.17. The highest BCUT2D eigenvalue weighted by Crippen LogP contribution is 2.35. The summed E-state index contributed by atoms with van der Waals surface area (Å²) in [6.07, 6.45) is 1.56. The fraction of sp³-hybridized carbons (Fsp3) is 0.222. The summed E-state index contributed by atoms with van der Waals surface area (Å²) in [4.78, 5) is 19.4. The minimum atomic E-state index is -0.408. The number of nitriles is 1. The van der Waals surface area contributed by atoms with Crippen LogP contribution in [0, 0.1) is 11.3 Å². The molecule has 0 spiro atoms. The third kappa shape index (κ3) is 4.81. The van der Waals surface area contributed by atoms with Crippen molar-refractivity contribution in [2.45, 2.75) is 13.5 Å². The molecule has 0 saturated heterocycles. The summed E-state index contributed by atoms with van der Waals surface area (Å²) in [5, 5.41) is 10.1. The van der Waals surface area contributed by atoms with Gasteiger partial charge in [-0.1, -0.05) is 0 Å². The number of pyridine rings is 1. The molecule has 0 fully saturated rings. The Hall–Kier alpha value is -4.35.